The van der Waals surface area contributed by atoms with Crippen LogP contribution in [0.2, 0.25) is 0 Å². The molecule has 0 aliphatic carbocycles. The zero-order valence-corrected chi connectivity index (χ0v) is 13.3. The van der Waals surface area contributed by atoms with E-state index in [9.17, 15) is 22.8 Å². The molecule has 2 amide bonds. The number of likely N-dealkylation sites (tertiary alicyclic amines) is 2. The fraction of sp³-hybridized carbons (Fsp3) is 0.625. The fourth-order valence-electron chi connectivity index (χ4n) is 3.50. The smallest absolute Gasteiger partial charge is 0.406 e. The van der Waals surface area contributed by atoms with Crippen LogP contribution in [0, 0.1) is 12.8 Å². The highest BCUT2D eigenvalue weighted by molar-refractivity contribution is 5.89. The zero-order valence-electron chi connectivity index (χ0n) is 13.3. The van der Waals surface area contributed by atoms with E-state index in [4.69, 9.17) is 4.42 Å². The van der Waals surface area contributed by atoms with Crippen molar-refractivity contribution in [3.8, 4) is 0 Å². The Hall–Kier alpha value is -1.99. The highest BCUT2D eigenvalue weighted by atomic mass is 19.4. The Balaban J connectivity index is 1.69. The van der Waals surface area contributed by atoms with Gasteiger partial charge in [-0.15, -0.1) is 0 Å². The molecule has 2 saturated heterocycles. The summed E-state index contributed by atoms with van der Waals surface area (Å²) in [5, 5.41) is 0. The number of nitrogens with zero attached hydrogens (tertiary/aromatic N) is 2. The number of furan rings is 1. The largest absolute Gasteiger partial charge is 0.464 e. The van der Waals surface area contributed by atoms with Crippen molar-refractivity contribution < 1.29 is 27.2 Å². The maximum atomic E-state index is 12.7. The van der Waals surface area contributed by atoms with E-state index in [1.165, 1.54) is 0 Å². The van der Waals surface area contributed by atoms with Gasteiger partial charge < -0.3 is 14.2 Å². The van der Waals surface area contributed by atoms with Crippen molar-refractivity contribution in [3.05, 3.63) is 23.7 Å². The second kappa shape index (κ2) is 6.14. The number of carbonyl (C=O) groups excluding carboxylic acids is 2. The Labute approximate surface area is 137 Å². The molecule has 8 heteroatoms. The molecular formula is C16H19F3N2O3. The van der Waals surface area contributed by atoms with E-state index in [0.717, 1.165) is 23.5 Å². The zero-order chi connectivity index (χ0) is 17.5. The SMILES string of the molecule is Cc1ccc(C2CCCN2C(=O)C2CC(=O)N(CC(F)(F)F)C2)o1. The number of rotatable bonds is 3. The molecule has 2 aliphatic heterocycles. The molecule has 0 radical (unpaired) electrons. The van der Waals surface area contributed by atoms with E-state index in [-0.39, 0.29) is 24.9 Å². The minimum absolute atomic E-state index is 0.157. The van der Waals surface area contributed by atoms with Gasteiger partial charge in [0.15, 0.2) is 0 Å². The Morgan fingerprint density at radius 2 is 2.12 bits per heavy atom. The van der Waals surface area contributed by atoms with E-state index in [0.29, 0.717) is 12.3 Å². The lowest BCUT2D eigenvalue weighted by atomic mass is 10.1. The van der Waals surface area contributed by atoms with Crippen LogP contribution < -0.4 is 0 Å². The summed E-state index contributed by atoms with van der Waals surface area (Å²) >= 11 is 0. The summed E-state index contributed by atoms with van der Waals surface area (Å²) in [5.74, 6) is -0.150. The summed E-state index contributed by atoms with van der Waals surface area (Å²) in [6.07, 6.45) is -3.04. The van der Waals surface area contributed by atoms with E-state index < -0.39 is 24.5 Å². The number of hydrogen-bond donors (Lipinski definition) is 0. The second-order valence-corrected chi connectivity index (χ2v) is 6.43. The predicted molar refractivity (Wildman–Crippen MR) is 77.9 cm³/mol. The number of carbonyl (C=O) groups is 2. The molecule has 1 aromatic rings. The van der Waals surface area contributed by atoms with Crippen molar-refractivity contribution in [1.82, 2.24) is 9.80 Å². The van der Waals surface area contributed by atoms with Crippen molar-refractivity contribution in [2.24, 2.45) is 5.92 Å². The van der Waals surface area contributed by atoms with Crippen molar-refractivity contribution in [3.63, 3.8) is 0 Å². The minimum atomic E-state index is -4.45. The van der Waals surface area contributed by atoms with Gasteiger partial charge in [0.2, 0.25) is 11.8 Å². The van der Waals surface area contributed by atoms with Gasteiger partial charge in [0.25, 0.3) is 0 Å². The molecule has 2 aliphatic rings. The molecule has 2 fully saturated rings. The van der Waals surface area contributed by atoms with E-state index >= 15 is 0 Å². The van der Waals surface area contributed by atoms with Crippen LogP contribution >= 0.6 is 0 Å². The number of aryl methyl sites for hydroxylation is 1. The second-order valence-electron chi connectivity index (χ2n) is 6.43. The first kappa shape index (κ1) is 16.9. The lowest BCUT2D eigenvalue weighted by Crippen LogP contribution is -2.38. The first-order chi connectivity index (χ1) is 11.2. The van der Waals surface area contributed by atoms with Gasteiger partial charge in [0.1, 0.15) is 18.1 Å². The average Bonchev–Trinajstić information content (AvgIpc) is 3.17. The van der Waals surface area contributed by atoms with Gasteiger partial charge in [-0.2, -0.15) is 13.2 Å². The van der Waals surface area contributed by atoms with Gasteiger partial charge in [-0.3, -0.25) is 9.59 Å². The van der Waals surface area contributed by atoms with Crippen LogP contribution in [0.4, 0.5) is 13.2 Å². The number of alkyl halides is 3. The van der Waals surface area contributed by atoms with Crippen molar-refractivity contribution in [2.45, 2.75) is 38.4 Å². The number of hydrogen-bond acceptors (Lipinski definition) is 3. The standard InChI is InChI=1S/C16H19F3N2O3/c1-10-4-5-13(24-10)12-3-2-6-21(12)15(23)11-7-14(22)20(8-11)9-16(17,18)19/h4-5,11-12H,2-3,6-9H2,1H3. The molecule has 24 heavy (non-hydrogen) atoms. The highest BCUT2D eigenvalue weighted by Crippen LogP contribution is 2.35. The summed E-state index contributed by atoms with van der Waals surface area (Å²) in [7, 11) is 0. The molecule has 132 valence electrons. The summed E-state index contributed by atoms with van der Waals surface area (Å²) in [6, 6.07) is 3.44. The molecule has 0 bridgehead atoms. The first-order valence-corrected chi connectivity index (χ1v) is 7.96. The van der Waals surface area contributed by atoms with Crippen LogP contribution in [0.15, 0.2) is 16.5 Å². The van der Waals surface area contributed by atoms with Crippen LogP contribution in [0.5, 0.6) is 0 Å². The third kappa shape index (κ3) is 3.42. The average molecular weight is 344 g/mol. The van der Waals surface area contributed by atoms with Gasteiger partial charge in [-0.05, 0) is 31.9 Å². The van der Waals surface area contributed by atoms with Gasteiger partial charge in [-0.1, -0.05) is 0 Å². The molecule has 3 rings (SSSR count). The van der Waals surface area contributed by atoms with Crippen molar-refractivity contribution in [2.75, 3.05) is 19.6 Å². The van der Waals surface area contributed by atoms with E-state index in [1.54, 1.807) is 4.90 Å². The molecule has 0 aromatic carbocycles. The van der Waals surface area contributed by atoms with Crippen LogP contribution in [0.25, 0.3) is 0 Å². The Morgan fingerprint density at radius 3 is 2.75 bits per heavy atom. The molecule has 0 saturated carbocycles. The minimum Gasteiger partial charge on any atom is -0.464 e. The Kier molecular flexibility index (Phi) is 4.31. The normalized spacial score (nSPS) is 24.9. The Bertz CT molecular complexity index is 641. The predicted octanol–water partition coefficient (Wildman–Crippen LogP) is 2.66. The van der Waals surface area contributed by atoms with Gasteiger partial charge >= 0.3 is 6.18 Å². The number of amides is 2. The Morgan fingerprint density at radius 1 is 1.38 bits per heavy atom. The monoisotopic (exact) mass is 344 g/mol. The van der Waals surface area contributed by atoms with Gasteiger partial charge in [0, 0.05) is 19.5 Å². The highest BCUT2D eigenvalue weighted by Gasteiger charge is 2.43. The molecule has 2 unspecified atom stereocenters. The molecule has 3 heterocycles. The van der Waals surface area contributed by atoms with E-state index in [1.807, 2.05) is 19.1 Å². The molecule has 5 nitrogen and oxygen atoms in total. The third-order valence-electron chi connectivity index (χ3n) is 4.56. The fourth-order valence-corrected chi connectivity index (χ4v) is 3.50. The van der Waals surface area contributed by atoms with E-state index in [2.05, 4.69) is 0 Å². The lowest BCUT2D eigenvalue weighted by Gasteiger charge is -2.26. The summed E-state index contributed by atoms with van der Waals surface area (Å²) in [4.78, 5) is 26.9. The molecule has 0 N–H and O–H groups in total. The van der Waals surface area contributed by atoms with Crippen LogP contribution in [-0.2, 0) is 9.59 Å². The summed E-state index contributed by atoms with van der Waals surface area (Å²) < 4.78 is 43.1. The number of halogens is 3. The van der Waals surface area contributed by atoms with Crippen molar-refractivity contribution in [1.29, 1.82) is 0 Å². The van der Waals surface area contributed by atoms with Gasteiger partial charge in [-0.25, -0.2) is 0 Å². The topological polar surface area (TPSA) is 53.8 Å². The van der Waals surface area contributed by atoms with Gasteiger partial charge in [0.05, 0.1) is 12.0 Å². The van der Waals surface area contributed by atoms with Crippen LogP contribution in [-0.4, -0.2) is 47.4 Å². The maximum Gasteiger partial charge on any atom is 0.406 e. The molecule has 1 aromatic heterocycles. The summed E-state index contributed by atoms with van der Waals surface area (Å²) in [6.45, 7) is 0.885. The van der Waals surface area contributed by atoms with Crippen LogP contribution in [0.1, 0.15) is 36.8 Å². The molecule has 2 atom stereocenters. The quantitative estimate of drug-likeness (QED) is 0.847. The summed E-state index contributed by atoms with van der Waals surface area (Å²) in [5.41, 5.74) is 0. The molecular weight excluding hydrogens is 325 g/mol. The molecule has 0 spiro atoms. The third-order valence-corrected chi connectivity index (χ3v) is 4.56. The van der Waals surface area contributed by atoms with Crippen molar-refractivity contribution >= 4 is 11.8 Å². The maximum absolute atomic E-state index is 12.7. The van der Waals surface area contributed by atoms with Crippen LogP contribution in [0.3, 0.4) is 0 Å². The lowest BCUT2D eigenvalue weighted by molar-refractivity contribution is -0.157. The first-order valence-electron chi connectivity index (χ1n) is 7.96.